The van der Waals surface area contributed by atoms with Gasteiger partial charge in [-0.2, -0.15) is 15.1 Å². The number of hydrogen-bond donors (Lipinski definition) is 4. The molecular weight excluding hydrogens is 460 g/mol. The maximum Gasteiger partial charge on any atom is 0.328 e. The predicted octanol–water partition coefficient (Wildman–Crippen LogP) is 3.99. The third kappa shape index (κ3) is 4.54. The maximum atomic E-state index is 14.1. The van der Waals surface area contributed by atoms with Gasteiger partial charge in [0.25, 0.3) is 0 Å². The van der Waals surface area contributed by atoms with Gasteiger partial charge in [-0.05, 0) is 25.1 Å². The van der Waals surface area contributed by atoms with Crippen molar-refractivity contribution in [2.45, 2.75) is 19.1 Å². The summed E-state index contributed by atoms with van der Waals surface area (Å²) in [5.41, 5.74) is 0.946. The number of benzene rings is 2. The normalized spacial score (nSPS) is 13.0. The van der Waals surface area contributed by atoms with Crippen molar-refractivity contribution in [2.75, 3.05) is 5.32 Å². The predicted molar refractivity (Wildman–Crippen MR) is 115 cm³/mol. The third-order valence-corrected chi connectivity index (χ3v) is 4.99. The Morgan fingerprint density at radius 3 is 2.64 bits per heavy atom. The summed E-state index contributed by atoms with van der Waals surface area (Å²) >= 11 is 6.30. The molecule has 2 heterocycles. The number of carboxylic acid groups (broad SMARTS) is 1. The van der Waals surface area contributed by atoms with E-state index >= 15 is 0 Å². The lowest BCUT2D eigenvalue weighted by atomic mass is 10.1. The lowest BCUT2D eigenvalue weighted by Gasteiger charge is -2.18. The van der Waals surface area contributed by atoms with Gasteiger partial charge in [0.05, 0.1) is 16.5 Å². The van der Waals surface area contributed by atoms with E-state index in [1.165, 1.54) is 6.92 Å². The number of nitrogens with zero attached hydrogens (tertiary/aromatic N) is 3. The fraction of sp³-hybridized carbons (Fsp3) is 0.143. The lowest BCUT2D eigenvalue weighted by Crippen LogP contribution is -2.39. The van der Waals surface area contributed by atoms with Gasteiger partial charge < -0.3 is 20.3 Å². The number of aliphatic carboxylic acids is 1. The van der Waals surface area contributed by atoms with Crippen molar-refractivity contribution in [2.24, 2.45) is 0 Å². The molecule has 0 aliphatic carbocycles. The van der Waals surface area contributed by atoms with Crippen LogP contribution in [0.1, 0.15) is 6.92 Å². The molecule has 0 aliphatic heterocycles. The van der Waals surface area contributed by atoms with Crippen molar-refractivity contribution in [3.05, 3.63) is 59.1 Å². The van der Waals surface area contributed by atoms with Crippen molar-refractivity contribution >= 4 is 34.4 Å². The summed E-state index contributed by atoms with van der Waals surface area (Å²) in [5, 5.41) is 29.6. The molecule has 0 saturated heterocycles. The van der Waals surface area contributed by atoms with Crippen LogP contribution in [-0.4, -0.2) is 48.5 Å². The van der Waals surface area contributed by atoms with E-state index in [0.29, 0.717) is 22.3 Å². The number of carboxylic acids is 1. The van der Waals surface area contributed by atoms with Crippen LogP contribution in [0.2, 0.25) is 5.02 Å². The molecular formula is C21H16ClF2N5O4. The minimum absolute atomic E-state index is 0.0607. The molecule has 2 aromatic carbocycles. The molecule has 0 spiro atoms. The van der Waals surface area contributed by atoms with Crippen molar-refractivity contribution < 1.29 is 28.5 Å². The van der Waals surface area contributed by atoms with E-state index in [-0.39, 0.29) is 28.6 Å². The Kier molecular flexibility index (Phi) is 6.07. The van der Waals surface area contributed by atoms with E-state index in [9.17, 15) is 23.8 Å². The van der Waals surface area contributed by atoms with E-state index in [2.05, 4.69) is 25.5 Å². The van der Waals surface area contributed by atoms with E-state index in [1.54, 1.807) is 24.3 Å². The molecule has 2 atom stereocenters. The van der Waals surface area contributed by atoms with Gasteiger partial charge in [-0.15, -0.1) is 0 Å². The van der Waals surface area contributed by atoms with E-state index < -0.39 is 29.7 Å². The topological polar surface area (TPSA) is 133 Å². The molecule has 2 unspecified atom stereocenters. The van der Waals surface area contributed by atoms with Crippen LogP contribution < -0.4 is 10.1 Å². The van der Waals surface area contributed by atoms with Gasteiger partial charge in [-0.25, -0.2) is 13.6 Å². The van der Waals surface area contributed by atoms with E-state index in [1.807, 2.05) is 0 Å². The molecule has 0 amide bonds. The number of anilines is 1. The first-order valence-electron chi connectivity index (χ1n) is 9.56. The highest BCUT2D eigenvalue weighted by Crippen LogP contribution is 2.36. The standard InChI is InChI=1S/C21H16ClF2N5O4/c1-9(30)16(20(31)32)25-18-15-17(11-4-2-3-5-12(11)22)28-29-19(15)27-21(26-18)33-14-7-6-10(23)8-13(14)24/h2-9,16,30H,1H3,(H,31,32)(H2,25,26,27,28,29). The Balaban J connectivity index is 1.87. The highest BCUT2D eigenvalue weighted by Gasteiger charge is 2.27. The molecule has 9 nitrogen and oxygen atoms in total. The Labute approximate surface area is 190 Å². The molecule has 0 saturated carbocycles. The van der Waals surface area contributed by atoms with Crippen LogP contribution in [0.25, 0.3) is 22.3 Å². The summed E-state index contributed by atoms with van der Waals surface area (Å²) in [6.07, 6.45) is -1.30. The van der Waals surface area contributed by atoms with Crippen LogP contribution in [0.15, 0.2) is 42.5 Å². The molecule has 12 heteroatoms. The average Bonchev–Trinajstić information content (AvgIpc) is 3.17. The average molecular weight is 476 g/mol. The largest absolute Gasteiger partial charge is 0.480 e. The number of aliphatic hydroxyl groups excluding tert-OH is 1. The van der Waals surface area contributed by atoms with Gasteiger partial charge in [-0.1, -0.05) is 29.8 Å². The van der Waals surface area contributed by atoms with Crippen LogP contribution in [0.5, 0.6) is 11.8 Å². The Bertz CT molecular complexity index is 1350. The van der Waals surface area contributed by atoms with Crippen molar-refractivity contribution in [3.8, 4) is 23.0 Å². The summed E-state index contributed by atoms with van der Waals surface area (Å²) in [6, 6.07) is 7.67. The minimum atomic E-state index is -1.45. The highest BCUT2D eigenvalue weighted by molar-refractivity contribution is 6.33. The molecule has 0 bridgehead atoms. The fourth-order valence-corrected chi connectivity index (χ4v) is 3.33. The van der Waals surface area contributed by atoms with Gasteiger partial charge >= 0.3 is 12.0 Å². The molecule has 4 N–H and O–H groups in total. The summed E-state index contributed by atoms with van der Waals surface area (Å²) in [4.78, 5) is 20.0. The monoisotopic (exact) mass is 475 g/mol. The smallest absolute Gasteiger partial charge is 0.328 e. The number of H-pyrrole nitrogens is 1. The van der Waals surface area contributed by atoms with Crippen molar-refractivity contribution in [3.63, 3.8) is 0 Å². The molecule has 33 heavy (non-hydrogen) atoms. The number of fused-ring (bicyclic) bond motifs is 1. The number of carbonyl (C=O) groups is 1. The molecule has 2 aromatic heterocycles. The van der Waals surface area contributed by atoms with Crippen LogP contribution in [-0.2, 0) is 4.79 Å². The van der Waals surface area contributed by atoms with Crippen LogP contribution in [0.3, 0.4) is 0 Å². The van der Waals surface area contributed by atoms with Crippen molar-refractivity contribution in [1.29, 1.82) is 0 Å². The Morgan fingerprint density at radius 2 is 1.97 bits per heavy atom. The number of ether oxygens (including phenoxy) is 1. The maximum absolute atomic E-state index is 14.1. The second-order valence-electron chi connectivity index (χ2n) is 7.01. The summed E-state index contributed by atoms with van der Waals surface area (Å²) < 4.78 is 32.6. The van der Waals surface area contributed by atoms with Gasteiger partial charge in [0, 0.05) is 11.6 Å². The summed E-state index contributed by atoms with van der Waals surface area (Å²) in [7, 11) is 0. The van der Waals surface area contributed by atoms with Crippen LogP contribution >= 0.6 is 11.6 Å². The summed E-state index contributed by atoms with van der Waals surface area (Å²) in [6.45, 7) is 1.29. The molecule has 170 valence electrons. The number of aromatic nitrogens is 4. The SMILES string of the molecule is CC(O)C(Nc1nc(Oc2ccc(F)cc2F)nc2[nH]nc(-c3ccccc3Cl)c12)C(=O)O. The zero-order valence-electron chi connectivity index (χ0n) is 16.9. The quantitative estimate of drug-likeness (QED) is 0.315. The Hall–Kier alpha value is -3.83. The van der Waals surface area contributed by atoms with E-state index in [4.69, 9.17) is 16.3 Å². The van der Waals surface area contributed by atoms with Crippen molar-refractivity contribution in [1.82, 2.24) is 20.2 Å². The number of nitrogens with one attached hydrogen (secondary N) is 2. The molecule has 0 aliphatic rings. The fourth-order valence-electron chi connectivity index (χ4n) is 3.10. The first-order chi connectivity index (χ1) is 15.7. The second-order valence-corrected chi connectivity index (χ2v) is 7.42. The third-order valence-electron chi connectivity index (χ3n) is 4.66. The number of halogens is 3. The van der Waals surface area contributed by atoms with E-state index in [0.717, 1.165) is 12.1 Å². The first-order valence-corrected chi connectivity index (χ1v) is 9.93. The van der Waals surface area contributed by atoms with Gasteiger partial charge in [0.15, 0.2) is 23.3 Å². The lowest BCUT2D eigenvalue weighted by molar-refractivity contribution is -0.140. The molecule has 4 rings (SSSR count). The van der Waals surface area contributed by atoms with Crippen LogP contribution in [0, 0.1) is 11.6 Å². The Morgan fingerprint density at radius 1 is 1.21 bits per heavy atom. The molecule has 0 radical (unpaired) electrons. The van der Waals surface area contributed by atoms with Gasteiger partial charge in [0.2, 0.25) is 0 Å². The zero-order valence-corrected chi connectivity index (χ0v) is 17.6. The highest BCUT2D eigenvalue weighted by atomic mass is 35.5. The number of aromatic amines is 1. The second kappa shape index (κ2) is 8.96. The number of rotatable bonds is 7. The summed E-state index contributed by atoms with van der Waals surface area (Å²) in [5.74, 6) is -3.53. The number of hydrogen-bond acceptors (Lipinski definition) is 7. The van der Waals surface area contributed by atoms with Crippen LogP contribution in [0.4, 0.5) is 14.6 Å². The zero-order chi connectivity index (χ0) is 23.7. The number of aliphatic hydroxyl groups is 1. The van der Waals surface area contributed by atoms with Gasteiger partial charge in [-0.3, -0.25) is 5.10 Å². The molecule has 0 fully saturated rings. The minimum Gasteiger partial charge on any atom is -0.480 e. The van der Waals surface area contributed by atoms with Gasteiger partial charge in [0.1, 0.15) is 17.3 Å². The first kappa shape index (κ1) is 22.4. The molecule has 4 aromatic rings.